The van der Waals surface area contributed by atoms with Gasteiger partial charge in [-0.2, -0.15) is 0 Å². The third-order valence-corrected chi connectivity index (χ3v) is 3.64. The monoisotopic (exact) mass is 228 g/mol. The first-order valence-corrected chi connectivity index (χ1v) is 6.24. The summed E-state index contributed by atoms with van der Waals surface area (Å²) in [5, 5.41) is 15.2. The van der Waals surface area contributed by atoms with E-state index in [9.17, 15) is 4.79 Å². The average Bonchev–Trinajstić information content (AvgIpc) is 2.36. The van der Waals surface area contributed by atoms with E-state index in [0.29, 0.717) is 6.54 Å². The fourth-order valence-electron chi connectivity index (χ4n) is 2.17. The van der Waals surface area contributed by atoms with Crippen molar-refractivity contribution in [2.24, 2.45) is 11.3 Å². The SMILES string of the molecule is CCC1(C(=O)NCC(C)CO)CCNCC1. The third-order valence-electron chi connectivity index (χ3n) is 3.64. The average molecular weight is 228 g/mol. The maximum absolute atomic E-state index is 12.2. The van der Waals surface area contributed by atoms with Crippen LogP contribution in [0.15, 0.2) is 0 Å². The molecule has 1 saturated heterocycles. The number of hydrogen-bond acceptors (Lipinski definition) is 3. The molecule has 0 aromatic carbocycles. The zero-order valence-electron chi connectivity index (χ0n) is 10.4. The van der Waals surface area contributed by atoms with E-state index in [0.717, 1.165) is 32.4 Å². The molecule has 1 unspecified atom stereocenters. The van der Waals surface area contributed by atoms with Crippen molar-refractivity contribution < 1.29 is 9.90 Å². The van der Waals surface area contributed by atoms with Crippen LogP contribution in [0.5, 0.6) is 0 Å². The van der Waals surface area contributed by atoms with E-state index in [-0.39, 0.29) is 23.8 Å². The molecule has 1 aliphatic heterocycles. The van der Waals surface area contributed by atoms with E-state index >= 15 is 0 Å². The van der Waals surface area contributed by atoms with Crippen LogP contribution in [0.3, 0.4) is 0 Å². The number of rotatable bonds is 5. The number of piperidine rings is 1. The van der Waals surface area contributed by atoms with Crippen LogP contribution in [-0.2, 0) is 4.79 Å². The maximum atomic E-state index is 12.2. The summed E-state index contributed by atoms with van der Waals surface area (Å²) in [6.07, 6.45) is 2.74. The van der Waals surface area contributed by atoms with E-state index in [2.05, 4.69) is 17.6 Å². The van der Waals surface area contributed by atoms with Crippen molar-refractivity contribution in [1.29, 1.82) is 0 Å². The van der Waals surface area contributed by atoms with Crippen LogP contribution < -0.4 is 10.6 Å². The number of carbonyl (C=O) groups is 1. The molecule has 1 heterocycles. The molecule has 16 heavy (non-hydrogen) atoms. The van der Waals surface area contributed by atoms with Gasteiger partial charge in [0, 0.05) is 13.2 Å². The van der Waals surface area contributed by atoms with E-state index in [1.807, 2.05) is 6.92 Å². The lowest BCUT2D eigenvalue weighted by Gasteiger charge is -2.35. The van der Waals surface area contributed by atoms with Gasteiger partial charge in [0.25, 0.3) is 0 Å². The molecule has 0 radical (unpaired) electrons. The topological polar surface area (TPSA) is 61.4 Å². The van der Waals surface area contributed by atoms with Crippen molar-refractivity contribution in [3.8, 4) is 0 Å². The number of amides is 1. The molecule has 0 spiro atoms. The Hall–Kier alpha value is -0.610. The zero-order valence-corrected chi connectivity index (χ0v) is 10.4. The number of nitrogens with one attached hydrogen (secondary N) is 2. The van der Waals surface area contributed by atoms with Gasteiger partial charge in [0.1, 0.15) is 0 Å². The first-order valence-electron chi connectivity index (χ1n) is 6.24. The second-order valence-corrected chi connectivity index (χ2v) is 4.88. The Morgan fingerprint density at radius 3 is 2.62 bits per heavy atom. The Kier molecular flexibility index (Phi) is 5.22. The first kappa shape index (κ1) is 13.5. The standard InChI is InChI=1S/C12H24N2O2/c1-3-12(4-6-13-7-5-12)11(16)14-8-10(2)9-15/h10,13,15H,3-9H2,1-2H3,(H,14,16). The molecule has 0 aromatic heterocycles. The Balaban J connectivity index is 2.48. The Labute approximate surface area is 97.8 Å². The highest BCUT2D eigenvalue weighted by Gasteiger charge is 2.37. The van der Waals surface area contributed by atoms with Crippen molar-refractivity contribution in [1.82, 2.24) is 10.6 Å². The van der Waals surface area contributed by atoms with Crippen molar-refractivity contribution in [2.45, 2.75) is 33.1 Å². The summed E-state index contributed by atoms with van der Waals surface area (Å²) >= 11 is 0. The molecule has 0 aromatic rings. The molecular weight excluding hydrogens is 204 g/mol. The zero-order chi connectivity index (χ0) is 12.0. The number of aliphatic hydroxyl groups excluding tert-OH is 1. The van der Waals surface area contributed by atoms with Crippen molar-refractivity contribution in [3.63, 3.8) is 0 Å². The van der Waals surface area contributed by atoms with E-state index in [4.69, 9.17) is 5.11 Å². The summed E-state index contributed by atoms with van der Waals surface area (Å²) in [4.78, 5) is 12.2. The second kappa shape index (κ2) is 6.21. The van der Waals surface area contributed by atoms with Gasteiger partial charge in [-0.25, -0.2) is 0 Å². The summed E-state index contributed by atoms with van der Waals surface area (Å²) in [6, 6.07) is 0. The molecule has 1 atom stereocenters. The molecule has 0 bridgehead atoms. The fraction of sp³-hybridized carbons (Fsp3) is 0.917. The first-order chi connectivity index (χ1) is 7.64. The van der Waals surface area contributed by atoms with Crippen molar-refractivity contribution in [2.75, 3.05) is 26.2 Å². The van der Waals surface area contributed by atoms with Crippen LogP contribution in [0, 0.1) is 11.3 Å². The summed E-state index contributed by atoms with van der Waals surface area (Å²) in [5.74, 6) is 0.302. The number of aliphatic hydroxyl groups is 1. The van der Waals surface area contributed by atoms with Gasteiger partial charge in [0.05, 0.1) is 5.41 Å². The lowest BCUT2D eigenvalue weighted by atomic mass is 9.76. The predicted molar refractivity (Wildman–Crippen MR) is 64.1 cm³/mol. The molecule has 1 fully saturated rings. The highest BCUT2D eigenvalue weighted by molar-refractivity contribution is 5.82. The van der Waals surface area contributed by atoms with E-state index < -0.39 is 0 Å². The largest absolute Gasteiger partial charge is 0.396 e. The number of carbonyl (C=O) groups excluding carboxylic acids is 1. The van der Waals surface area contributed by atoms with Crippen LogP contribution in [0.4, 0.5) is 0 Å². The molecule has 0 saturated carbocycles. The normalized spacial score (nSPS) is 21.4. The molecule has 3 N–H and O–H groups in total. The summed E-state index contributed by atoms with van der Waals surface area (Å²) in [6.45, 7) is 6.57. The van der Waals surface area contributed by atoms with Gasteiger partial charge in [-0.3, -0.25) is 4.79 Å². The van der Waals surface area contributed by atoms with Gasteiger partial charge in [0.15, 0.2) is 0 Å². The summed E-state index contributed by atoms with van der Waals surface area (Å²) in [5.41, 5.74) is -0.180. The van der Waals surface area contributed by atoms with Crippen molar-refractivity contribution >= 4 is 5.91 Å². The lowest BCUT2D eigenvalue weighted by molar-refractivity contribution is -0.133. The maximum Gasteiger partial charge on any atom is 0.226 e. The van der Waals surface area contributed by atoms with Gasteiger partial charge in [-0.1, -0.05) is 13.8 Å². The lowest BCUT2D eigenvalue weighted by Crippen LogP contribution is -2.48. The summed E-state index contributed by atoms with van der Waals surface area (Å²) in [7, 11) is 0. The Morgan fingerprint density at radius 1 is 1.50 bits per heavy atom. The van der Waals surface area contributed by atoms with Gasteiger partial charge >= 0.3 is 0 Å². The molecular formula is C12H24N2O2. The van der Waals surface area contributed by atoms with Crippen LogP contribution in [0.2, 0.25) is 0 Å². The van der Waals surface area contributed by atoms with Gasteiger partial charge in [0.2, 0.25) is 5.91 Å². The smallest absolute Gasteiger partial charge is 0.226 e. The minimum absolute atomic E-state index is 0.126. The molecule has 1 aliphatic rings. The van der Waals surface area contributed by atoms with Crippen LogP contribution in [0.1, 0.15) is 33.1 Å². The van der Waals surface area contributed by atoms with Gasteiger partial charge in [-0.05, 0) is 38.3 Å². The van der Waals surface area contributed by atoms with Gasteiger partial charge in [-0.15, -0.1) is 0 Å². The molecule has 1 rings (SSSR count). The summed E-state index contributed by atoms with van der Waals surface area (Å²) < 4.78 is 0. The van der Waals surface area contributed by atoms with Gasteiger partial charge < -0.3 is 15.7 Å². The molecule has 1 amide bonds. The second-order valence-electron chi connectivity index (χ2n) is 4.88. The predicted octanol–water partition coefficient (Wildman–Crippen LogP) is 0.511. The molecule has 4 heteroatoms. The highest BCUT2D eigenvalue weighted by Crippen LogP contribution is 2.32. The van der Waals surface area contributed by atoms with Crippen LogP contribution in [-0.4, -0.2) is 37.3 Å². The quantitative estimate of drug-likeness (QED) is 0.642. The fourth-order valence-corrected chi connectivity index (χ4v) is 2.17. The van der Waals surface area contributed by atoms with Crippen molar-refractivity contribution in [3.05, 3.63) is 0 Å². The highest BCUT2D eigenvalue weighted by atomic mass is 16.3. The minimum Gasteiger partial charge on any atom is -0.396 e. The van der Waals surface area contributed by atoms with E-state index in [1.165, 1.54) is 0 Å². The third kappa shape index (κ3) is 3.19. The Morgan fingerprint density at radius 2 is 2.12 bits per heavy atom. The minimum atomic E-state index is -0.180. The Bertz CT molecular complexity index is 225. The molecule has 94 valence electrons. The number of hydrogen-bond donors (Lipinski definition) is 3. The van der Waals surface area contributed by atoms with Crippen LogP contribution >= 0.6 is 0 Å². The molecule has 0 aliphatic carbocycles. The molecule has 4 nitrogen and oxygen atoms in total. The van der Waals surface area contributed by atoms with Crippen LogP contribution in [0.25, 0.3) is 0 Å². The van der Waals surface area contributed by atoms with E-state index in [1.54, 1.807) is 0 Å².